The van der Waals surface area contributed by atoms with Gasteiger partial charge >= 0.3 is 0 Å². The van der Waals surface area contributed by atoms with Gasteiger partial charge in [-0.05, 0) is 30.7 Å². The van der Waals surface area contributed by atoms with Crippen LogP contribution in [0.15, 0.2) is 42.5 Å². The Kier molecular flexibility index (Phi) is 5.68. The molecule has 3 aromatic rings. The number of ether oxygens (including phenoxy) is 2. The van der Waals surface area contributed by atoms with Crippen LogP contribution in [0.4, 0.5) is 0 Å². The van der Waals surface area contributed by atoms with Crippen molar-refractivity contribution >= 4 is 17.5 Å². The Labute approximate surface area is 180 Å². The van der Waals surface area contributed by atoms with E-state index in [-0.39, 0.29) is 11.9 Å². The number of hydrogen-bond acceptors (Lipinski definition) is 4. The van der Waals surface area contributed by atoms with E-state index < -0.39 is 0 Å². The highest BCUT2D eigenvalue weighted by Gasteiger charge is 2.43. The highest BCUT2D eigenvalue weighted by molar-refractivity contribution is 6.30. The van der Waals surface area contributed by atoms with Gasteiger partial charge in [0.1, 0.15) is 17.2 Å². The Hall–Kier alpha value is -2.99. The Morgan fingerprint density at radius 1 is 1.13 bits per heavy atom. The molecule has 1 aliphatic rings. The number of carbonyl (C=O) groups excluding carboxylic acids is 1. The fraction of sp³-hybridized carbons (Fsp3) is 0.304. The molecule has 2 heterocycles. The summed E-state index contributed by atoms with van der Waals surface area (Å²) >= 11 is 6.07. The smallest absolute Gasteiger partial charge is 0.273 e. The standard InChI is InChI=1S/C23H24ClN3O3/c1-4-5-12-27-22(17-11-10-16(29-2)13-18(17)30-3)19-20(25-26-21(19)23(27)28)14-6-8-15(24)9-7-14/h6-11,13,22H,4-5,12H2,1-3H3,(H,25,26). The van der Waals surface area contributed by atoms with Crippen LogP contribution in [0.5, 0.6) is 11.5 Å². The second-order valence-corrected chi connectivity index (χ2v) is 7.67. The molecular weight excluding hydrogens is 402 g/mol. The molecule has 30 heavy (non-hydrogen) atoms. The van der Waals surface area contributed by atoms with Crippen LogP contribution in [0.2, 0.25) is 5.02 Å². The fourth-order valence-corrected chi connectivity index (χ4v) is 4.08. The normalized spacial score (nSPS) is 15.4. The second kappa shape index (κ2) is 8.40. The maximum absolute atomic E-state index is 13.3. The lowest BCUT2D eigenvalue weighted by Gasteiger charge is -2.27. The zero-order chi connectivity index (χ0) is 21.3. The molecule has 4 rings (SSSR count). The van der Waals surface area contributed by atoms with Crippen molar-refractivity contribution in [2.24, 2.45) is 0 Å². The maximum atomic E-state index is 13.3. The molecule has 1 amide bonds. The minimum atomic E-state index is -0.302. The van der Waals surface area contributed by atoms with Crippen LogP contribution in [0, 0.1) is 0 Å². The lowest BCUT2D eigenvalue weighted by molar-refractivity contribution is 0.0740. The van der Waals surface area contributed by atoms with Gasteiger partial charge in [-0.15, -0.1) is 0 Å². The number of nitrogens with zero attached hydrogens (tertiary/aromatic N) is 2. The summed E-state index contributed by atoms with van der Waals surface area (Å²) in [5.74, 6) is 1.32. The largest absolute Gasteiger partial charge is 0.497 e. The van der Waals surface area contributed by atoms with Crippen molar-refractivity contribution in [1.82, 2.24) is 15.1 Å². The van der Waals surface area contributed by atoms with Crippen LogP contribution >= 0.6 is 11.6 Å². The number of rotatable bonds is 7. The lowest BCUT2D eigenvalue weighted by Crippen LogP contribution is -2.30. The first-order valence-corrected chi connectivity index (χ1v) is 10.3. The van der Waals surface area contributed by atoms with Gasteiger partial charge in [0.05, 0.1) is 26.0 Å². The molecule has 0 radical (unpaired) electrons. The lowest BCUT2D eigenvalue weighted by atomic mass is 9.95. The molecule has 7 heteroatoms. The molecule has 2 aromatic carbocycles. The number of nitrogens with one attached hydrogen (secondary N) is 1. The van der Waals surface area contributed by atoms with E-state index in [1.807, 2.05) is 47.4 Å². The highest BCUT2D eigenvalue weighted by Crippen LogP contribution is 2.46. The summed E-state index contributed by atoms with van der Waals surface area (Å²) in [4.78, 5) is 15.2. The zero-order valence-electron chi connectivity index (χ0n) is 17.2. The first kappa shape index (κ1) is 20.3. The number of unbranched alkanes of at least 4 members (excludes halogenated alkanes) is 1. The molecule has 1 unspecified atom stereocenters. The summed E-state index contributed by atoms with van der Waals surface area (Å²) in [6, 6.07) is 12.9. The number of aromatic nitrogens is 2. The first-order valence-electron chi connectivity index (χ1n) is 9.96. The van der Waals surface area contributed by atoms with E-state index >= 15 is 0 Å². The van der Waals surface area contributed by atoms with Crippen LogP contribution in [0.25, 0.3) is 11.3 Å². The van der Waals surface area contributed by atoms with Gasteiger partial charge in [-0.1, -0.05) is 37.1 Å². The van der Waals surface area contributed by atoms with Gasteiger partial charge in [0, 0.05) is 34.3 Å². The molecule has 1 atom stereocenters. The van der Waals surface area contributed by atoms with E-state index in [4.69, 9.17) is 21.1 Å². The summed E-state index contributed by atoms with van der Waals surface area (Å²) in [7, 11) is 3.25. The van der Waals surface area contributed by atoms with Gasteiger partial charge in [-0.3, -0.25) is 9.89 Å². The molecule has 1 N–H and O–H groups in total. The van der Waals surface area contributed by atoms with E-state index in [1.165, 1.54) is 0 Å². The van der Waals surface area contributed by atoms with Gasteiger partial charge in [0.25, 0.3) is 5.91 Å². The molecule has 0 spiro atoms. The Morgan fingerprint density at radius 3 is 2.57 bits per heavy atom. The molecular formula is C23H24ClN3O3. The van der Waals surface area contributed by atoms with Gasteiger partial charge in [0.2, 0.25) is 0 Å². The minimum absolute atomic E-state index is 0.0472. The number of benzene rings is 2. The van der Waals surface area contributed by atoms with Crippen molar-refractivity contribution < 1.29 is 14.3 Å². The minimum Gasteiger partial charge on any atom is -0.497 e. The number of H-pyrrole nitrogens is 1. The summed E-state index contributed by atoms with van der Waals surface area (Å²) in [5.41, 5.74) is 3.94. The molecule has 1 aliphatic heterocycles. The predicted molar refractivity (Wildman–Crippen MR) is 116 cm³/mol. The van der Waals surface area contributed by atoms with Crippen molar-refractivity contribution in [3.63, 3.8) is 0 Å². The maximum Gasteiger partial charge on any atom is 0.273 e. The zero-order valence-corrected chi connectivity index (χ0v) is 18.0. The van der Waals surface area contributed by atoms with Crippen molar-refractivity contribution in [1.29, 1.82) is 0 Å². The van der Waals surface area contributed by atoms with Crippen LogP contribution in [-0.4, -0.2) is 41.8 Å². The van der Waals surface area contributed by atoms with E-state index in [9.17, 15) is 4.79 Å². The second-order valence-electron chi connectivity index (χ2n) is 7.23. The predicted octanol–water partition coefficient (Wildman–Crippen LogP) is 5.09. The Morgan fingerprint density at radius 2 is 1.90 bits per heavy atom. The van der Waals surface area contributed by atoms with Crippen molar-refractivity contribution in [3.8, 4) is 22.8 Å². The molecule has 0 bridgehead atoms. The molecule has 0 aliphatic carbocycles. The third-order valence-corrected chi connectivity index (χ3v) is 5.72. The summed E-state index contributed by atoms with van der Waals surface area (Å²) < 4.78 is 11.0. The van der Waals surface area contributed by atoms with Crippen molar-refractivity contribution in [2.45, 2.75) is 25.8 Å². The third kappa shape index (κ3) is 3.41. The summed E-state index contributed by atoms with van der Waals surface area (Å²) in [6.45, 7) is 2.77. The number of aromatic amines is 1. The highest BCUT2D eigenvalue weighted by atomic mass is 35.5. The van der Waals surface area contributed by atoms with Crippen molar-refractivity contribution in [3.05, 3.63) is 64.3 Å². The fourth-order valence-electron chi connectivity index (χ4n) is 3.95. The molecule has 0 saturated heterocycles. The first-order chi connectivity index (χ1) is 14.6. The van der Waals surface area contributed by atoms with Crippen LogP contribution in [0.1, 0.15) is 47.4 Å². The average Bonchev–Trinajstić information content (AvgIpc) is 3.31. The Bertz CT molecular complexity index is 1060. The van der Waals surface area contributed by atoms with Crippen LogP contribution in [0.3, 0.4) is 0 Å². The van der Waals surface area contributed by atoms with Crippen LogP contribution < -0.4 is 9.47 Å². The monoisotopic (exact) mass is 425 g/mol. The van der Waals surface area contributed by atoms with Gasteiger partial charge < -0.3 is 14.4 Å². The topological polar surface area (TPSA) is 67.5 Å². The van der Waals surface area contributed by atoms with Gasteiger partial charge in [-0.25, -0.2) is 0 Å². The van der Waals surface area contributed by atoms with Gasteiger partial charge in [-0.2, -0.15) is 5.10 Å². The summed E-state index contributed by atoms with van der Waals surface area (Å²) in [6.07, 6.45) is 1.90. The number of methoxy groups -OCH3 is 2. The molecule has 156 valence electrons. The summed E-state index contributed by atoms with van der Waals surface area (Å²) in [5, 5.41) is 8.12. The van der Waals surface area contributed by atoms with E-state index in [1.54, 1.807) is 14.2 Å². The van der Waals surface area contributed by atoms with Crippen LogP contribution in [-0.2, 0) is 0 Å². The molecule has 6 nitrogen and oxygen atoms in total. The molecule has 0 fully saturated rings. The SMILES string of the molecule is CCCCN1C(=O)c2[nH]nc(-c3ccc(Cl)cc3)c2C1c1ccc(OC)cc1OC. The quantitative estimate of drug-likeness (QED) is 0.572. The molecule has 1 aromatic heterocycles. The number of amides is 1. The van der Waals surface area contributed by atoms with E-state index in [0.29, 0.717) is 28.8 Å². The van der Waals surface area contributed by atoms with E-state index in [0.717, 1.165) is 35.2 Å². The van der Waals surface area contributed by atoms with Gasteiger partial charge in [0.15, 0.2) is 0 Å². The van der Waals surface area contributed by atoms with E-state index in [2.05, 4.69) is 17.1 Å². The van der Waals surface area contributed by atoms with Crippen molar-refractivity contribution in [2.75, 3.05) is 20.8 Å². The third-order valence-electron chi connectivity index (χ3n) is 5.47. The number of hydrogen-bond donors (Lipinski definition) is 1. The number of halogens is 1. The number of carbonyl (C=O) groups is 1. The number of fused-ring (bicyclic) bond motifs is 1. The molecule has 0 saturated carbocycles. The Balaban J connectivity index is 1.89. The average molecular weight is 426 g/mol.